The molecule has 9 heteroatoms. The molecular weight excluding hydrogens is 356 g/mol. The van der Waals surface area contributed by atoms with E-state index in [4.69, 9.17) is 5.26 Å². The summed E-state index contributed by atoms with van der Waals surface area (Å²) >= 11 is 0. The summed E-state index contributed by atoms with van der Waals surface area (Å²) in [7, 11) is -3.59. The smallest absolute Gasteiger partial charge is 0.232 e. The molecule has 0 atom stereocenters. The number of sulfonamides is 1. The van der Waals surface area contributed by atoms with Gasteiger partial charge in [0.15, 0.2) is 0 Å². The van der Waals surface area contributed by atoms with Gasteiger partial charge in [0, 0.05) is 46.1 Å². The maximum atomic E-state index is 12.4. The number of piperazine rings is 1. The number of hydrogen-bond acceptors (Lipinski definition) is 5. The Morgan fingerprint density at radius 3 is 2.35 bits per heavy atom. The highest BCUT2D eigenvalue weighted by atomic mass is 32.2. The fraction of sp³-hybridized carbons (Fsp3) is 0.471. The van der Waals surface area contributed by atoms with Crippen molar-refractivity contribution in [1.29, 1.82) is 5.26 Å². The van der Waals surface area contributed by atoms with Crippen molar-refractivity contribution < 1.29 is 18.0 Å². The van der Waals surface area contributed by atoms with Gasteiger partial charge in [-0.25, -0.2) is 8.42 Å². The molecule has 1 saturated heterocycles. The Balaban J connectivity index is 2.03. The number of rotatable bonds is 5. The molecule has 8 nitrogen and oxygen atoms in total. The molecule has 1 aliphatic rings. The molecule has 0 bridgehead atoms. The molecule has 2 rings (SSSR count). The maximum Gasteiger partial charge on any atom is 0.232 e. The largest absolute Gasteiger partial charge is 0.339 e. The SMILES string of the molecule is CC(=O)N1CCN(C(=O)CCN(c2cccc(C#N)c2)S(C)(=O)=O)CC1. The lowest BCUT2D eigenvalue weighted by Crippen LogP contribution is -2.50. The first kappa shape index (κ1) is 19.7. The minimum absolute atomic E-state index is 0.000525. The lowest BCUT2D eigenvalue weighted by molar-refractivity contribution is -0.138. The fourth-order valence-corrected chi connectivity index (χ4v) is 3.76. The van der Waals surface area contributed by atoms with Crippen LogP contribution in [-0.4, -0.2) is 69.0 Å². The summed E-state index contributed by atoms with van der Waals surface area (Å²) in [6.07, 6.45) is 1.10. The third-order valence-corrected chi connectivity index (χ3v) is 5.46. The van der Waals surface area contributed by atoms with Gasteiger partial charge in [-0.1, -0.05) is 6.07 Å². The fourth-order valence-electron chi connectivity index (χ4n) is 2.84. The normalized spacial score (nSPS) is 14.7. The van der Waals surface area contributed by atoms with Crippen LogP contribution in [0.5, 0.6) is 0 Å². The van der Waals surface area contributed by atoms with Crippen LogP contribution in [0.3, 0.4) is 0 Å². The first-order chi connectivity index (χ1) is 12.2. The second-order valence-corrected chi connectivity index (χ2v) is 8.04. The number of hydrogen-bond donors (Lipinski definition) is 0. The van der Waals surface area contributed by atoms with Crippen molar-refractivity contribution in [2.75, 3.05) is 43.3 Å². The van der Waals surface area contributed by atoms with E-state index in [0.29, 0.717) is 37.4 Å². The van der Waals surface area contributed by atoms with Gasteiger partial charge in [-0.05, 0) is 18.2 Å². The summed E-state index contributed by atoms with van der Waals surface area (Å²) in [6.45, 7) is 3.36. The molecule has 1 heterocycles. The van der Waals surface area contributed by atoms with Crippen LogP contribution in [0.2, 0.25) is 0 Å². The van der Waals surface area contributed by atoms with E-state index in [0.717, 1.165) is 10.6 Å². The third kappa shape index (κ3) is 4.95. The van der Waals surface area contributed by atoms with Gasteiger partial charge in [-0.15, -0.1) is 0 Å². The van der Waals surface area contributed by atoms with Crippen LogP contribution < -0.4 is 4.31 Å². The predicted octanol–water partition coefficient (Wildman–Crippen LogP) is 0.405. The molecule has 0 saturated carbocycles. The van der Waals surface area contributed by atoms with E-state index in [1.807, 2.05) is 6.07 Å². The van der Waals surface area contributed by atoms with Crippen molar-refractivity contribution in [3.8, 4) is 6.07 Å². The van der Waals surface area contributed by atoms with Gasteiger partial charge in [0.2, 0.25) is 21.8 Å². The number of benzene rings is 1. The zero-order chi connectivity index (χ0) is 19.3. The summed E-state index contributed by atoms with van der Waals surface area (Å²) in [5.41, 5.74) is 0.712. The number of nitrogens with zero attached hydrogens (tertiary/aromatic N) is 4. The lowest BCUT2D eigenvalue weighted by Gasteiger charge is -2.34. The number of carbonyl (C=O) groups is 2. The molecule has 0 radical (unpaired) electrons. The molecule has 1 aromatic carbocycles. The molecule has 140 valence electrons. The molecule has 1 fully saturated rings. The van der Waals surface area contributed by atoms with Gasteiger partial charge in [-0.2, -0.15) is 5.26 Å². The molecule has 1 aliphatic heterocycles. The van der Waals surface area contributed by atoms with Crippen LogP contribution >= 0.6 is 0 Å². The monoisotopic (exact) mass is 378 g/mol. The molecule has 0 aromatic heterocycles. The van der Waals surface area contributed by atoms with Gasteiger partial charge in [0.05, 0.1) is 23.6 Å². The molecule has 1 aromatic rings. The van der Waals surface area contributed by atoms with E-state index in [-0.39, 0.29) is 24.8 Å². The Labute approximate surface area is 153 Å². The van der Waals surface area contributed by atoms with Gasteiger partial charge in [0.25, 0.3) is 0 Å². The first-order valence-electron chi connectivity index (χ1n) is 8.23. The van der Waals surface area contributed by atoms with Crippen molar-refractivity contribution in [3.63, 3.8) is 0 Å². The van der Waals surface area contributed by atoms with Crippen molar-refractivity contribution in [2.45, 2.75) is 13.3 Å². The van der Waals surface area contributed by atoms with Gasteiger partial charge < -0.3 is 9.80 Å². The number of carbonyl (C=O) groups excluding carboxylic acids is 2. The van der Waals surface area contributed by atoms with Crippen LogP contribution in [0, 0.1) is 11.3 Å². The van der Waals surface area contributed by atoms with Gasteiger partial charge in [0.1, 0.15) is 0 Å². The highest BCUT2D eigenvalue weighted by Gasteiger charge is 2.24. The summed E-state index contributed by atoms with van der Waals surface area (Å²) in [5, 5.41) is 8.99. The highest BCUT2D eigenvalue weighted by Crippen LogP contribution is 2.19. The second-order valence-electron chi connectivity index (χ2n) is 6.13. The Bertz CT molecular complexity index is 823. The lowest BCUT2D eigenvalue weighted by atomic mass is 10.2. The van der Waals surface area contributed by atoms with Crippen molar-refractivity contribution in [3.05, 3.63) is 29.8 Å². The number of amides is 2. The molecule has 2 amide bonds. The zero-order valence-corrected chi connectivity index (χ0v) is 15.7. The van der Waals surface area contributed by atoms with Crippen LogP contribution in [0.1, 0.15) is 18.9 Å². The molecule has 0 aliphatic carbocycles. The Morgan fingerprint density at radius 2 is 1.81 bits per heavy atom. The van der Waals surface area contributed by atoms with Crippen LogP contribution in [-0.2, 0) is 19.6 Å². The Kier molecular flexibility index (Phi) is 6.21. The number of anilines is 1. The molecule has 0 unspecified atom stereocenters. The van der Waals surface area contributed by atoms with Crippen LogP contribution in [0.25, 0.3) is 0 Å². The Morgan fingerprint density at radius 1 is 1.19 bits per heavy atom. The van der Waals surface area contributed by atoms with E-state index >= 15 is 0 Å². The van der Waals surface area contributed by atoms with Gasteiger partial charge in [-0.3, -0.25) is 13.9 Å². The third-order valence-electron chi connectivity index (χ3n) is 4.27. The van der Waals surface area contributed by atoms with Crippen molar-refractivity contribution in [2.24, 2.45) is 0 Å². The zero-order valence-electron chi connectivity index (χ0n) is 14.9. The molecule has 26 heavy (non-hydrogen) atoms. The van der Waals surface area contributed by atoms with Crippen molar-refractivity contribution in [1.82, 2.24) is 9.80 Å². The van der Waals surface area contributed by atoms with E-state index in [1.165, 1.54) is 13.0 Å². The topological polar surface area (TPSA) is 102 Å². The summed E-state index contributed by atoms with van der Waals surface area (Å²) in [5.74, 6) is -0.170. The summed E-state index contributed by atoms with van der Waals surface area (Å²) < 4.78 is 25.4. The van der Waals surface area contributed by atoms with Crippen LogP contribution in [0.15, 0.2) is 24.3 Å². The van der Waals surface area contributed by atoms with Gasteiger partial charge >= 0.3 is 0 Å². The van der Waals surface area contributed by atoms with E-state index in [9.17, 15) is 18.0 Å². The number of nitriles is 1. The standard InChI is InChI=1S/C17H22N4O4S/c1-14(22)19-8-10-20(11-9-19)17(23)6-7-21(26(2,24)25)16-5-3-4-15(12-16)13-18/h3-5,12H,6-11H2,1-2H3. The molecular formula is C17H22N4O4S. The van der Waals surface area contributed by atoms with E-state index in [1.54, 1.807) is 28.0 Å². The Hall–Kier alpha value is -2.60. The maximum absolute atomic E-state index is 12.4. The second kappa shape index (κ2) is 8.19. The first-order valence-corrected chi connectivity index (χ1v) is 10.1. The molecule has 0 spiro atoms. The van der Waals surface area contributed by atoms with Crippen molar-refractivity contribution >= 4 is 27.5 Å². The predicted molar refractivity (Wildman–Crippen MR) is 96.8 cm³/mol. The molecule has 0 N–H and O–H groups in total. The average Bonchev–Trinajstić information content (AvgIpc) is 2.60. The van der Waals surface area contributed by atoms with E-state index in [2.05, 4.69) is 0 Å². The average molecular weight is 378 g/mol. The van der Waals surface area contributed by atoms with E-state index < -0.39 is 10.0 Å². The van der Waals surface area contributed by atoms with Crippen LogP contribution in [0.4, 0.5) is 5.69 Å². The summed E-state index contributed by atoms with van der Waals surface area (Å²) in [4.78, 5) is 27.1. The minimum Gasteiger partial charge on any atom is -0.339 e. The summed E-state index contributed by atoms with van der Waals surface area (Å²) in [6, 6.07) is 8.25. The highest BCUT2D eigenvalue weighted by molar-refractivity contribution is 7.92. The minimum atomic E-state index is -3.59. The quantitative estimate of drug-likeness (QED) is 0.738.